The van der Waals surface area contributed by atoms with Crippen LogP contribution in [0.25, 0.3) is 11.3 Å². The number of benzene rings is 1. The zero-order valence-corrected chi connectivity index (χ0v) is 17.5. The van der Waals surface area contributed by atoms with Gasteiger partial charge in [0.15, 0.2) is 12.6 Å². The average molecular weight is 412 g/mol. The quantitative estimate of drug-likeness (QED) is 0.382. The van der Waals surface area contributed by atoms with Crippen molar-refractivity contribution in [2.24, 2.45) is 0 Å². The third kappa shape index (κ3) is 4.63. The van der Waals surface area contributed by atoms with Gasteiger partial charge in [-0.2, -0.15) is 0 Å². The Morgan fingerprint density at radius 1 is 1.20 bits per heavy atom. The molecule has 2 aromatic rings. The molecule has 4 rings (SSSR count). The molecule has 160 valence electrons. The van der Waals surface area contributed by atoms with Crippen molar-refractivity contribution in [2.45, 2.75) is 51.6 Å². The van der Waals surface area contributed by atoms with Gasteiger partial charge in [0.05, 0.1) is 6.10 Å². The third-order valence-electron chi connectivity index (χ3n) is 5.71. The van der Waals surface area contributed by atoms with Crippen LogP contribution in [0.5, 0.6) is 5.75 Å². The fourth-order valence-corrected chi connectivity index (χ4v) is 4.14. The first kappa shape index (κ1) is 20.8. The van der Waals surface area contributed by atoms with E-state index in [1.807, 2.05) is 13.0 Å². The number of ether oxygens (including phenoxy) is 3. The minimum Gasteiger partial charge on any atom is -0.467 e. The minimum absolute atomic E-state index is 0.127. The summed E-state index contributed by atoms with van der Waals surface area (Å²) in [7, 11) is 0. The fourth-order valence-electron chi connectivity index (χ4n) is 4.14. The summed E-state index contributed by atoms with van der Waals surface area (Å²) in [4.78, 5) is 11.3. The summed E-state index contributed by atoms with van der Waals surface area (Å²) in [6.45, 7) is 4.20. The van der Waals surface area contributed by atoms with Crippen molar-refractivity contribution in [2.75, 3.05) is 31.9 Å². The lowest BCUT2D eigenvalue weighted by molar-refractivity contribution is 0.0227. The van der Waals surface area contributed by atoms with Crippen LogP contribution in [0.3, 0.4) is 0 Å². The van der Waals surface area contributed by atoms with Gasteiger partial charge in [0.1, 0.15) is 17.7 Å². The monoisotopic (exact) mass is 411 g/mol. The van der Waals surface area contributed by atoms with Crippen LogP contribution in [0.1, 0.15) is 54.1 Å². The Labute approximate surface area is 177 Å². The number of nitrogens with one attached hydrogen (secondary N) is 1. The highest BCUT2D eigenvalue weighted by atomic mass is 16.7. The number of fused-ring (bicyclic) bond motifs is 1. The maximum absolute atomic E-state index is 11.3. The van der Waals surface area contributed by atoms with Crippen molar-refractivity contribution in [3.63, 3.8) is 0 Å². The Balaban J connectivity index is 1.66. The molecule has 1 saturated heterocycles. The summed E-state index contributed by atoms with van der Waals surface area (Å²) in [6, 6.07) is 5.42. The first-order valence-electron chi connectivity index (χ1n) is 10.8. The molecule has 1 N–H and O–H groups in total. The van der Waals surface area contributed by atoms with E-state index in [0.717, 1.165) is 75.0 Å². The van der Waals surface area contributed by atoms with Crippen LogP contribution in [0.4, 0.5) is 5.82 Å². The summed E-state index contributed by atoms with van der Waals surface area (Å²) in [5.41, 5.74) is 4.68. The van der Waals surface area contributed by atoms with E-state index in [2.05, 4.69) is 15.5 Å². The normalized spacial score (nSPS) is 18.1. The molecule has 1 aromatic carbocycles. The second-order valence-corrected chi connectivity index (χ2v) is 7.71. The van der Waals surface area contributed by atoms with Gasteiger partial charge >= 0.3 is 0 Å². The summed E-state index contributed by atoms with van der Waals surface area (Å²) >= 11 is 0. The molecule has 0 amide bonds. The van der Waals surface area contributed by atoms with E-state index in [1.165, 1.54) is 11.1 Å². The maximum Gasteiger partial charge on any atom is 0.189 e. The smallest absolute Gasteiger partial charge is 0.189 e. The minimum atomic E-state index is 0.127. The van der Waals surface area contributed by atoms with Crippen molar-refractivity contribution in [1.82, 2.24) is 10.2 Å². The van der Waals surface area contributed by atoms with Gasteiger partial charge < -0.3 is 19.5 Å². The predicted octanol–water partition coefficient (Wildman–Crippen LogP) is 3.80. The van der Waals surface area contributed by atoms with Crippen LogP contribution in [0.15, 0.2) is 18.2 Å². The fraction of sp³-hybridized carbons (Fsp3) is 0.522. The molecule has 1 fully saturated rings. The highest BCUT2D eigenvalue weighted by molar-refractivity contribution is 5.80. The molecule has 0 saturated carbocycles. The molecule has 2 aliphatic rings. The van der Waals surface area contributed by atoms with Crippen molar-refractivity contribution in [3.8, 4) is 17.0 Å². The van der Waals surface area contributed by atoms with Gasteiger partial charge in [0.25, 0.3) is 0 Å². The average Bonchev–Trinajstić information content (AvgIpc) is 3.31. The van der Waals surface area contributed by atoms with Gasteiger partial charge in [0, 0.05) is 36.4 Å². The number of nitrogens with zero attached hydrogens (tertiary/aromatic N) is 2. The molecule has 0 radical (unpaired) electrons. The summed E-state index contributed by atoms with van der Waals surface area (Å²) in [5.74, 6) is 1.46. The number of carbonyl (C=O) groups is 1. The first-order valence-corrected chi connectivity index (χ1v) is 10.8. The topological polar surface area (TPSA) is 82.6 Å². The molecule has 1 atom stereocenters. The van der Waals surface area contributed by atoms with Gasteiger partial charge in [0.2, 0.25) is 0 Å². The van der Waals surface area contributed by atoms with Crippen LogP contribution in [-0.4, -0.2) is 49.1 Å². The molecule has 30 heavy (non-hydrogen) atoms. The SMILES string of the molecule is CCOCOc1cc(C=O)ccc1-c1nnc(NCC2CCCO2)c2c1CCCC2. The Morgan fingerprint density at radius 3 is 2.83 bits per heavy atom. The molecule has 1 aromatic heterocycles. The molecule has 0 bridgehead atoms. The zero-order valence-electron chi connectivity index (χ0n) is 17.5. The summed E-state index contributed by atoms with van der Waals surface area (Å²) in [6.07, 6.45) is 7.47. The second-order valence-electron chi connectivity index (χ2n) is 7.71. The lowest BCUT2D eigenvalue weighted by Gasteiger charge is -2.23. The number of hydrogen-bond acceptors (Lipinski definition) is 7. The van der Waals surface area contributed by atoms with Gasteiger partial charge in [-0.15, -0.1) is 10.2 Å². The third-order valence-corrected chi connectivity index (χ3v) is 5.71. The zero-order chi connectivity index (χ0) is 20.8. The van der Waals surface area contributed by atoms with E-state index in [4.69, 9.17) is 14.2 Å². The summed E-state index contributed by atoms with van der Waals surface area (Å²) < 4.78 is 16.9. The van der Waals surface area contributed by atoms with Crippen LogP contribution >= 0.6 is 0 Å². The predicted molar refractivity (Wildman–Crippen MR) is 114 cm³/mol. The van der Waals surface area contributed by atoms with Gasteiger partial charge in [-0.3, -0.25) is 4.79 Å². The lowest BCUT2D eigenvalue weighted by Crippen LogP contribution is -2.21. The number of aromatic nitrogens is 2. The van der Waals surface area contributed by atoms with E-state index < -0.39 is 0 Å². The lowest BCUT2D eigenvalue weighted by atomic mass is 9.89. The highest BCUT2D eigenvalue weighted by Gasteiger charge is 2.24. The van der Waals surface area contributed by atoms with E-state index in [-0.39, 0.29) is 12.9 Å². The Hall–Kier alpha value is -2.51. The molecule has 2 heterocycles. The number of anilines is 1. The maximum atomic E-state index is 11.3. The van der Waals surface area contributed by atoms with Gasteiger partial charge in [-0.1, -0.05) is 6.07 Å². The van der Waals surface area contributed by atoms with Crippen molar-refractivity contribution in [3.05, 3.63) is 34.9 Å². The van der Waals surface area contributed by atoms with Crippen molar-refractivity contribution < 1.29 is 19.0 Å². The van der Waals surface area contributed by atoms with Crippen molar-refractivity contribution in [1.29, 1.82) is 0 Å². The van der Waals surface area contributed by atoms with Crippen molar-refractivity contribution >= 4 is 12.1 Å². The molecule has 1 unspecified atom stereocenters. The molecule has 7 nitrogen and oxygen atoms in total. The highest BCUT2D eigenvalue weighted by Crippen LogP contribution is 2.37. The van der Waals surface area contributed by atoms with E-state index >= 15 is 0 Å². The molecule has 1 aliphatic heterocycles. The van der Waals surface area contributed by atoms with Gasteiger partial charge in [-0.05, 0) is 63.1 Å². The number of hydrogen-bond donors (Lipinski definition) is 1. The first-order chi connectivity index (χ1) is 14.8. The number of carbonyl (C=O) groups excluding carboxylic acids is 1. The van der Waals surface area contributed by atoms with Crippen LogP contribution < -0.4 is 10.1 Å². The van der Waals surface area contributed by atoms with E-state index in [0.29, 0.717) is 17.9 Å². The molecule has 0 spiro atoms. The standard InChI is InChI=1S/C23H29N3O4/c1-2-28-15-30-21-12-16(14-27)9-10-20(21)22-18-7-3-4-8-19(18)23(26-25-22)24-13-17-6-5-11-29-17/h9-10,12,14,17H,2-8,11,13,15H2,1H3,(H,24,26). The second kappa shape index (κ2) is 10.00. The molecular weight excluding hydrogens is 382 g/mol. The van der Waals surface area contributed by atoms with E-state index in [1.54, 1.807) is 12.1 Å². The van der Waals surface area contributed by atoms with E-state index in [9.17, 15) is 4.79 Å². The number of aldehydes is 1. The van der Waals surface area contributed by atoms with Gasteiger partial charge in [-0.25, -0.2) is 0 Å². The molecule has 1 aliphatic carbocycles. The summed E-state index contributed by atoms with van der Waals surface area (Å²) in [5, 5.41) is 12.6. The Bertz CT molecular complexity index is 881. The molecule has 7 heteroatoms. The number of rotatable bonds is 9. The Morgan fingerprint density at radius 2 is 2.07 bits per heavy atom. The largest absolute Gasteiger partial charge is 0.467 e. The van der Waals surface area contributed by atoms with Crippen LogP contribution in [-0.2, 0) is 22.3 Å². The Kier molecular flexibility index (Phi) is 6.92. The van der Waals surface area contributed by atoms with Crippen LogP contribution in [0, 0.1) is 0 Å². The van der Waals surface area contributed by atoms with Crippen LogP contribution in [0.2, 0.25) is 0 Å². The molecular formula is C23H29N3O4.